The second-order valence-electron chi connectivity index (χ2n) is 6.71. The van der Waals surface area contributed by atoms with Gasteiger partial charge in [-0.15, -0.1) is 0 Å². The molecule has 0 spiro atoms. The summed E-state index contributed by atoms with van der Waals surface area (Å²) in [5, 5.41) is 2.97. The number of nitrogens with zero attached hydrogens (tertiary/aromatic N) is 1. The van der Waals surface area contributed by atoms with Crippen LogP contribution in [0.2, 0.25) is 0 Å². The first-order chi connectivity index (χ1) is 12.5. The highest BCUT2D eigenvalue weighted by Crippen LogP contribution is 2.24. The lowest BCUT2D eigenvalue weighted by atomic mass is 10.2. The number of nitrogens with one attached hydrogen (secondary N) is 1. The minimum Gasteiger partial charge on any atom is -0.352 e. The first-order valence-electron chi connectivity index (χ1n) is 8.90. The number of hydrogen-bond donors (Lipinski definition) is 1. The Balaban J connectivity index is 1.89. The Kier molecular flexibility index (Phi) is 5.61. The number of carbonyl (C=O) groups excluding carboxylic acids is 1. The lowest BCUT2D eigenvalue weighted by molar-refractivity contribution is -0.120. The number of anilines is 1. The molecule has 0 heterocycles. The highest BCUT2D eigenvalue weighted by Gasteiger charge is 2.28. The quantitative estimate of drug-likeness (QED) is 0.846. The number of para-hydroxylation sites is 1. The van der Waals surface area contributed by atoms with Crippen LogP contribution in [0.25, 0.3) is 0 Å². The van der Waals surface area contributed by atoms with Gasteiger partial charge in [0.2, 0.25) is 5.91 Å². The van der Waals surface area contributed by atoms with Gasteiger partial charge < -0.3 is 5.32 Å². The van der Waals surface area contributed by atoms with Gasteiger partial charge in [-0.05, 0) is 49.6 Å². The Morgan fingerprint density at radius 1 is 1.08 bits per heavy atom. The summed E-state index contributed by atoms with van der Waals surface area (Å²) < 4.78 is 27.6. The Morgan fingerprint density at radius 2 is 1.77 bits per heavy atom. The standard InChI is InChI=1S/C20H24N2O3S/c1-16-8-7-13-19(14-16)26(24,25)22(18-11-3-2-4-12-18)15-20(23)21-17-9-5-6-10-17/h2-4,7-8,11-14,17H,5-6,9-10,15H2,1H3,(H,21,23). The average Bonchev–Trinajstić information content (AvgIpc) is 3.13. The summed E-state index contributed by atoms with van der Waals surface area (Å²) in [6.07, 6.45) is 4.13. The maximum Gasteiger partial charge on any atom is 0.264 e. The largest absolute Gasteiger partial charge is 0.352 e. The van der Waals surface area contributed by atoms with Crippen molar-refractivity contribution in [1.82, 2.24) is 5.32 Å². The molecule has 2 aromatic carbocycles. The minimum atomic E-state index is -3.83. The molecule has 0 atom stereocenters. The highest BCUT2D eigenvalue weighted by atomic mass is 32.2. The molecular weight excluding hydrogens is 348 g/mol. The number of carbonyl (C=O) groups is 1. The van der Waals surface area contributed by atoms with Crippen molar-refractivity contribution < 1.29 is 13.2 Å². The van der Waals surface area contributed by atoms with Gasteiger partial charge in [0.15, 0.2) is 0 Å². The monoisotopic (exact) mass is 372 g/mol. The van der Waals surface area contributed by atoms with Gasteiger partial charge >= 0.3 is 0 Å². The van der Waals surface area contributed by atoms with Crippen molar-refractivity contribution in [2.75, 3.05) is 10.8 Å². The molecule has 0 aliphatic heterocycles. The predicted octanol–water partition coefficient (Wildman–Crippen LogP) is 3.25. The minimum absolute atomic E-state index is 0.154. The zero-order valence-electron chi connectivity index (χ0n) is 14.9. The second kappa shape index (κ2) is 7.91. The van der Waals surface area contributed by atoms with E-state index in [0.717, 1.165) is 31.2 Å². The van der Waals surface area contributed by atoms with Crippen LogP contribution in [0.5, 0.6) is 0 Å². The lowest BCUT2D eigenvalue weighted by Gasteiger charge is -2.25. The van der Waals surface area contributed by atoms with Crippen molar-refractivity contribution in [3.63, 3.8) is 0 Å². The van der Waals surface area contributed by atoms with E-state index in [1.807, 2.05) is 19.1 Å². The summed E-state index contributed by atoms with van der Waals surface area (Å²) in [6.45, 7) is 1.62. The SMILES string of the molecule is Cc1cccc(S(=O)(=O)N(CC(=O)NC2CCCC2)c2ccccc2)c1. The van der Waals surface area contributed by atoms with E-state index in [1.54, 1.807) is 42.5 Å². The zero-order chi connectivity index (χ0) is 18.6. The molecule has 138 valence electrons. The van der Waals surface area contributed by atoms with Gasteiger partial charge in [0, 0.05) is 6.04 Å². The van der Waals surface area contributed by atoms with E-state index in [0.29, 0.717) is 5.69 Å². The maximum absolute atomic E-state index is 13.2. The molecule has 1 N–H and O–H groups in total. The fraction of sp³-hybridized carbons (Fsp3) is 0.350. The predicted molar refractivity (Wildman–Crippen MR) is 103 cm³/mol. The van der Waals surface area contributed by atoms with Crippen molar-refractivity contribution in [2.24, 2.45) is 0 Å². The number of sulfonamides is 1. The van der Waals surface area contributed by atoms with Crippen LogP contribution in [-0.2, 0) is 14.8 Å². The van der Waals surface area contributed by atoms with Crippen LogP contribution in [-0.4, -0.2) is 26.9 Å². The molecule has 26 heavy (non-hydrogen) atoms. The number of aryl methyl sites for hydroxylation is 1. The van der Waals surface area contributed by atoms with Crippen molar-refractivity contribution in [3.05, 3.63) is 60.2 Å². The van der Waals surface area contributed by atoms with Gasteiger partial charge in [-0.2, -0.15) is 0 Å². The third-order valence-corrected chi connectivity index (χ3v) is 6.40. The fourth-order valence-corrected chi connectivity index (χ4v) is 4.81. The topological polar surface area (TPSA) is 66.5 Å². The third-order valence-electron chi connectivity index (χ3n) is 4.63. The molecule has 2 aromatic rings. The molecule has 1 aliphatic rings. The van der Waals surface area contributed by atoms with E-state index >= 15 is 0 Å². The third kappa shape index (κ3) is 4.25. The molecule has 0 bridgehead atoms. The van der Waals surface area contributed by atoms with Crippen molar-refractivity contribution in [3.8, 4) is 0 Å². The maximum atomic E-state index is 13.2. The molecule has 0 radical (unpaired) electrons. The molecule has 1 amide bonds. The van der Waals surface area contributed by atoms with Crippen molar-refractivity contribution >= 4 is 21.6 Å². The number of rotatable bonds is 6. The van der Waals surface area contributed by atoms with E-state index in [2.05, 4.69) is 5.32 Å². The van der Waals surface area contributed by atoms with Crippen molar-refractivity contribution in [2.45, 2.75) is 43.5 Å². The average molecular weight is 372 g/mol. The summed E-state index contributed by atoms with van der Waals surface area (Å²) in [4.78, 5) is 12.7. The summed E-state index contributed by atoms with van der Waals surface area (Å²) in [5.41, 5.74) is 1.34. The molecule has 3 rings (SSSR count). The molecule has 1 saturated carbocycles. The molecule has 1 aliphatic carbocycles. The molecule has 0 unspecified atom stereocenters. The summed E-state index contributed by atoms with van der Waals surface area (Å²) in [7, 11) is -3.83. The Hall–Kier alpha value is -2.34. The van der Waals surface area contributed by atoms with E-state index in [1.165, 1.54) is 4.31 Å². The van der Waals surface area contributed by atoms with Crippen LogP contribution in [0, 0.1) is 6.92 Å². The number of benzene rings is 2. The van der Waals surface area contributed by atoms with Gasteiger partial charge in [0.25, 0.3) is 10.0 Å². The van der Waals surface area contributed by atoms with Crippen LogP contribution in [0.15, 0.2) is 59.5 Å². The van der Waals surface area contributed by atoms with Crippen LogP contribution in [0.3, 0.4) is 0 Å². The van der Waals surface area contributed by atoms with Gasteiger partial charge in [0.1, 0.15) is 6.54 Å². The molecule has 6 heteroatoms. The lowest BCUT2D eigenvalue weighted by Crippen LogP contribution is -2.43. The van der Waals surface area contributed by atoms with Gasteiger partial charge in [-0.1, -0.05) is 43.2 Å². The number of amides is 1. The summed E-state index contributed by atoms with van der Waals surface area (Å²) >= 11 is 0. The van der Waals surface area contributed by atoms with Crippen LogP contribution >= 0.6 is 0 Å². The van der Waals surface area contributed by atoms with Gasteiger partial charge in [-0.25, -0.2) is 8.42 Å². The second-order valence-corrected chi connectivity index (χ2v) is 8.57. The molecule has 0 aromatic heterocycles. The Labute approximate surface area is 155 Å². The van der Waals surface area contributed by atoms with E-state index in [-0.39, 0.29) is 23.4 Å². The molecule has 0 saturated heterocycles. The van der Waals surface area contributed by atoms with Gasteiger partial charge in [0.05, 0.1) is 10.6 Å². The van der Waals surface area contributed by atoms with Crippen LogP contribution in [0.1, 0.15) is 31.2 Å². The Morgan fingerprint density at radius 3 is 2.42 bits per heavy atom. The fourth-order valence-electron chi connectivity index (χ4n) is 3.29. The normalized spacial score (nSPS) is 15.0. The first kappa shape index (κ1) is 18.5. The highest BCUT2D eigenvalue weighted by molar-refractivity contribution is 7.92. The van der Waals surface area contributed by atoms with Crippen LogP contribution < -0.4 is 9.62 Å². The number of hydrogen-bond acceptors (Lipinski definition) is 3. The van der Waals surface area contributed by atoms with E-state index in [9.17, 15) is 13.2 Å². The Bertz CT molecular complexity index is 860. The van der Waals surface area contributed by atoms with E-state index in [4.69, 9.17) is 0 Å². The summed E-state index contributed by atoms with van der Waals surface area (Å²) in [6, 6.07) is 15.7. The summed E-state index contributed by atoms with van der Waals surface area (Å²) in [5.74, 6) is -0.267. The van der Waals surface area contributed by atoms with E-state index < -0.39 is 10.0 Å². The molecular formula is C20H24N2O3S. The molecule has 1 fully saturated rings. The van der Waals surface area contributed by atoms with Crippen molar-refractivity contribution in [1.29, 1.82) is 0 Å². The molecule has 5 nitrogen and oxygen atoms in total. The van der Waals surface area contributed by atoms with Gasteiger partial charge in [-0.3, -0.25) is 9.10 Å². The zero-order valence-corrected chi connectivity index (χ0v) is 15.7. The first-order valence-corrected chi connectivity index (χ1v) is 10.3. The van der Waals surface area contributed by atoms with Crippen LogP contribution in [0.4, 0.5) is 5.69 Å². The smallest absolute Gasteiger partial charge is 0.264 e.